The molecule has 54 valence electrons. The van der Waals surface area contributed by atoms with Crippen molar-refractivity contribution in [2.75, 3.05) is 0 Å². The highest BCUT2D eigenvalue weighted by Crippen LogP contribution is 2.19. The lowest BCUT2D eigenvalue weighted by atomic mass is 10.2. The molecule has 0 aliphatic rings. The standard InChI is InChI=1S/C9H12S/c1-3-5-8(2)9-6-4-7-10-9/h4-7H,3H2,1-2H3/b8-5+. The Morgan fingerprint density at radius 1 is 1.70 bits per heavy atom. The fraction of sp³-hybridized carbons (Fsp3) is 0.333. The van der Waals surface area contributed by atoms with Crippen LogP contribution in [-0.4, -0.2) is 0 Å². The Morgan fingerprint density at radius 2 is 2.50 bits per heavy atom. The molecular formula is C9H12S. The number of rotatable bonds is 2. The molecule has 0 radical (unpaired) electrons. The highest BCUT2D eigenvalue weighted by molar-refractivity contribution is 7.11. The molecule has 1 heterocycles. The molecule has 0 aliphatic heterocycles. The molecule has 1 rings (SSSR count). The molecule has 10 heavy (non-hydrogen) atoms. The van der Waals surface area contributed by atoms with Gasteiger partial charge in [-0.1, -0.05) is 19.1 Å². The van der Waals surface area contributed by atoms with E-state index in [4.69, 9.17) is 0 Å². The van der Waals surface area contributed by atoms with E-state index < -0.39 is 0 Å². The van der Waals surface area contributed by atoms with Gasteiger partial charge in [0.15, 0.2) is 0 Å². The van der Waals surface area contributed by atoms with Crippen LogP contribution in [0.5, 0.6) is 0 Å². The predicted octanol–water partition coefficient (Wildman–Crippen LogP) is 3.56. The van der Waals surface area contributed by atoms with E-state index in [0.717, 1.165) is 6.42 Å². The maximum atomic E-state index is 2.26. The molecule has 0 aromatic carbocycles. The highest BCUT2D eigenvalue weighted by atomic mass is 32.1. The molecule has 1 aromatic rings. The quantitative estimate of drug-likeness (QED) is 0.608. The third-order valence-corrected chi connectivity index (χ3v) is 2.43. The monoisotopic (exact) mass is 152 g/mol. The molecule has 0 unspecified atom stereocenters. The van der Waals surface area contributed by atoms with Crippen molar-refractivity contribution in [3.63, 3.8) is 0 Å². The average molecular weight is 152 g/mol. The van der Waals surface area contributed by atoms with Crippen LogP contribution in [0.3, 0.4) is 0 Å². The molecule has 0 bridgehead atoms. The Hall–Kier alpha value is -0.560. The maximum absolute atomic E-state index is 2.26. The van der Waals surface area contributed by atoms with Gasteiger partial charge in [-0.3, -0.25) is 0 Å². The molecule has 0 spiro atoms. The van der Waals surface area contributed by atoms with Gasteiger partial charge in [-0.2, -0.15) is 0 Å². The summed E-state index contributed by atoms with van der Waals surface area (Å²) >= 11 is 1.80. The molecule has 1 aromatic heterocycles. The summed E-state index contributed by atoms with van der Waals surface area (Å²) in [4.78, 5) is 1.39. The summed E-state index contributed by atoms with van der Waals surface area (Å²) in [6, 6.07) is 4.25. The molecule has 0 aliphatic carbocycles. The zero-order chi connectivity index (χ0) is 7.40. The van der Waals surface area contributed by atoms with Crippen LogP contribution in [-0.2, 0) is 0 Å². The van der Waals surface area contributed by atoms with Crippen LogP contribution in [0.25, 0.3) is 5.57 Å². The molecular weight excluding hydrogens is 140 g/mol. The number of thiophene rings is 1. The van der Waals surface area contributed by atoms with Crippen LogP contribution in [0.15, 0.2) is 23.6 Å². The summed E-state index contributed by atoms with van der Waals surface area (Å²) in [7, 11) is 0. The first-order valence-corrected chi connectivity index (χ1v) is 4.43. The molecule has 0 atom stereocenters. The minimum Gasteiger partial charge on any atom is -0.144 e. The summed E-state index contributed by atoms with van der Waals surface area (Å²) in [5.74, 6) is 0. The van der Waals surface area contributed by atoms with Gasteiger partial charge in [0.1, 0.15) is 0 Å². The molecule has 0 nitrogen and oxygen atoms in total. The van der Waals surface area contributed by atoms with Gasteiger partial charge in [-0.25, -0.2) is 0 Å². The third-order valence-electron chi connectivity index (χ3n) is 1.42. The van der Waals surface area contributed by atoms with E-state index in [9.17, 15) is 0 Å². The lowest BCUT2D eigenvalue weighted by Gasteiger charge is -1.92. The van der Waals surface area contributed by atoms with Crippen LogP contribution >= 0.6 is 11.3 Å². The molecule has 0 amide bonds. The highest BCUT2D eigenvalue weighted by Gasteiger charge is 1.92. The maximum Gasteiger partial charge on any atom is 0.0296 e. The van der Waals surface area contributed by atoms with Gasteiger partial charge in [-0.05, 0) is 30.4 Å². The van der Waals surface area contributed by atoms with Crippen molar-refractivity contribution in [2.24, 2.45) is 0 Å². The number of hydrogen-bond donors (Lipinski definition) is 0. The summed E-state index contributed by atoms with van der Waals surface area (Å²) in [6.07, 6.45) is 3.38. The van der Waals surface area contributed by atoms with Crippen molar-refractivity contribution in [1.29, 1.82) is 0 Å². The molecule has 0 saturated heterocycles. The Bertz CT molecular complexity index is 207. The fourth-order valence-corrected chi connectivity index (χ4v) is 1.64. The largest absolute Gasteiger partial charge is 0.144 e. The Kier molecular flexibility index (Phi) is 2.69. The van der Waals surface area contributed by atoms with Crippen molar-refractivity contribution in [1.82, 2.24) is 0 Å². The normalized spacial score (nSPS) is 12.0. The van der Waals surface area contributed by atoms with Gasteiger partial charge in [-0.15, -0.1) is 11.3 Å². The first-order chi connectivity index (χ1) is 4.84. The van der Waals surface area contributed by atoms with E-state index >= 15 is 0 Å². The molecule has 1 heteroatoms. The van der Waals surface area contributed by atoms with Crippen LogP contribution in [0.1, 0.15) is 25.1 Å². The van der Waals surface area contributed by atoms with Gasteiger partial charge in [0.05, 0.1) is 0 Å². The Morgan fingerprint density at radius 3 is 3.00 bits per heavy atom. The van der Waals surface area contributed by atoms with Crippen molar-refractivity contribution in [3.8, 4) is 0 Å². The van der Waals surface area contributed by atoms with Crippen molar-refractivity contribution in [2.45, 2.75) is 20.3 Å². The van der Waals surface area contributed by atoms with Crippen LogP contribution in [0, 0.1) is 0 Å². The van der Waals surface area contributed by atoms with Gasteiger partial charge in [0.25, 0.3) is 0 Å². The second kappa shape index (κ2) is 3.57. The number of hydrogen-bond acceptors (Lipinski definition) is 1. The first-order valence-electron chi connectivity index (χ1n) is 3.55. The van der Waals surface area contributed by atoms with Gasteiger partial charge < -0.3 is 0 Å². The average Bonchev–Trinajstić information content (AvgIpc) is 2.38. The number of allylic oxidation sites excluding steroid dienone is 2. The lowest BCUT2D eigenvalue weighted by molar-refractivity contribution is 1.22. The van der Waals surface area contributed by atoms with E-state index in [1.165, 1.54) is 10.5 Å². The minimum absolute atomic E-state index is 1.13. The summed E-state index contributed by atoms with van der Waals surface area (Å²) in [6.45, 7) is 4.33. The lowest BCUT2D eigenvalue weighted by Crippen LogP contribution is -1.68. The SMILES string of the molecule is CC/C=C(\C)c1cccs1. The van der Waals surface area contributed by atoms with E-state index in [0.29, 0.717) is 0 Å². The molecule has 0 saturated carbocycles. The van der Waals surface area contributed by atoms with Crippen LogP contribution in [0.4, 0.5) is 0 Å². The van der Waals surface area contributed by atoms with E-state index in [2.05, 4.69) is 37.4 Å². The zero-order valence-electron chi connectivity index (χ0n) is 6.42. The van der Waals surface area contributed by atoms with Gasteiger partial charge in [0, 0.05) is 4.88 Å². The Balaban J connectivity index is 2.77. The van der Waals surface area contributed by atoms with E-state index in [1.54, 1.807) is 11.3 Å². The van der Waals surface area contributed by atoms with Gasteiger partial charge >= 0.3 is 0 Å². The van der Waals surface area contributed by atoms with E-state index in [-0.39, 0.29) is 0 Å². The molecule has 0 N–H and O–H groups in total. The summed E-state index contributed by atoms with van der Waals surface area (Å²) < 4.78 is 0. The fourth-order valence-electron chi connectivity index (χ4n) is 0.910. The first kappa shape index (κ1) is 7.55. The smallest absolute Gasteiger partial charge is 0.0296 e. The topological polar surface area (TPSA) is 0 Å². The van der Waals surface area contributed by atoms with Crippen molar-refractivity contribution < 1.29 is 0 Å². The van der Waals surface area contributed by atoms with Crippen LogP contribution in [0.2, 0.25) is 0 Å². The van der Waals surface area contributed by atoms with Crippen LogP contribution < -0.4 is 0 Å². The van der Waals surface area contributed by atoms with Crippen molar-refractivity contribution in [3.05, 3.63) is 28.5 Å². The second-order valence-corrected chi connectivity index (χ2v) is 3.22. The second-order valence-electron chi connectivity index (χ2n) is 2.27. The summed E-state index contributed by atoms with van der Waals surface area (Å²) in [5, 5.41) is 2.11. The zero-order valence-corrected chi connectivity index (χ0v) is 7.24. The van der Waals surface area contributed by atoms with Gasteiger partial charge in [0.2, 0.25) is 0 Å². The summed E-state index contributed by atoms with van der Waals surface area (Å²) in [5.41, 5.74) is 1.40. The third kappa shape index (κ3) is 1.71. The Labute approximate surface area is 66.2 Å². The van der Waals surface area contributed by atoms with E-state index in [1.807, 2.05) is 0 Å². The minimum atomic E-state index is 1.13. The molecule has 0 fully saturated rings. The van der Waals surface area contributed by atoms with Crippen molar-refractivity contribution >= 4 is 16.9 Å². The predicted molar refractivity (Wildman–Crippen MR) is 48.3 cm³/mol.